The molecule has 5 heteroatoms. The van der Waals surface area contributed by atoms with E-state index in [2.05, 4.69) is 0 Å². The van der Waals surface area contributed by atoms with Gasteiger partial charge in [-0.25, -0.2) is 0 Å². The highest BCUT2D eigenvalue weighted by atomic mass is 16.5. The van der Waals surface area contributed by atoms with Crippen molar-refractivity contribution in [3.63, 3.8) is 0 Å². The molecule has 1 saturated heterocycles. The molecule has 0 atom stereocenters. The first-order valence-corrected chi connectivity index (χ1v) is 6.36. The largest absolute Gasteiger partial charge is 0.494 e. The van der Waals surface area contributed by atoms with Crippen LogP contribution in [0.3, 0.4) is 0 Å². The highest BCUT2D eigenvalue weighted by molar-refractivity contribution is 5.95. The van der Waals surface area contributed by atoms with Crippen molar-refractivity contribution in [1.29, 1.82) is 0 Å². The van der Waals surface area contributed by atoms with Gasteiger partial charge in [0.05, 0.1) is 12.5 Å². The number of aliphatic carboxylic acids is 1. The third-order valence-corrected chi connectivity index (χ3v) is 3.09. The van der Waals surface area contributed by atoms with Crippen LogP contribution in [0.4, 0.5) is 0 Å². The first-order valence-electron chi connectivity index (χ1n) is 6.36. The van der Waals surface area contributed by atoms with Crippen LogP contribution in [-0.2, 0) is 4.79 Å². The van der Waals surface area contributed by atoms with Crippen molar-refractivity contribution in [3.8, 4) is 5.75 Å². The fourth-order valence-corrected chi connectivity index (χ4v) is 1.90. The van der Waals surface area contributed by atoms with Gasteiger partial charge in [0, 0.05) is 18.7 Å². The molecule has 0 bridgehead atoms. The van der Waals surface area contributed by atoms with Crippen molar-refractivity contribution in [2.75, 3.05) is 19.7 Å². The van der Waals surface area contributed by atoms with E-state index in [1.807, 2.05) is 6.92 Å². The number of carbonyl (C=O) groups is 2. The van der Waals surface area contributed by atoms with Crippen LogP contribution in [0.25, 0.3) is 0 Å². The van der Waals surface area contributed by atoms with Crippen molar-refractivity contribution in [2.24, 2.45) is 5.92 Å². The molecule has 1 aromatic rings. The Labute approximate surface area is 111 Å². The maximum absolute atomic E-state index is 12.0. The number of nitrogens with zero attached hydrogens (tertiary/aromatic N) is 1. The lowest BCUT2D eigenvalue weighted by Gasteiger charge is -2.36. The highest BCUT2D eigenvalue weighted by Gasteiger charge is 2.35. The predicted molar refractivity (Wildman–Crippen MR) is 69.3 cm³/mol. The average Bonchev–Trinajstić information content (AvgIpc) is 2.34. The van der Waals surface area contributed by atoms with E-state index in [9.17, 15) is 9.59 Å². The molecule has 0 unspecified atom stereocenters. The van der Waals surface area contributed by atoms with Gasteiger partial charge in [-0.2, -0.15) is 0 Å². The normalized spacial score (nSPS) is 14.9. The summed E-state index contributed by atoms with van der Waals surface area (Å²) in [7, 11) is 0. The number of carbonyl (C=O) groups excluding carboxylic acids is 1. The Morgan fingerprint density at radius 1 is 1.32 bits per heavy atom. The number of hydrogen-bond donors (Lipinski definition) is 1. The monoisotopic (exact) mass is 263 g/mol. The van der Waals surface area contributed by atoms with E-state index in [1.165, 1.54) is 0 Å². The van der Waals surface area contributed by atoms with Gasteiger partial charge < -0.3 is 14.7 Å². The summed E-state index contributed by atoms with van der Waals surface area (Å²) in [6.45, 7) is 3.27. The van der Waals surface area contributed by atoms with E-state index >= 15 is 0 Å². The smallest absolute Gasteiger partial charge is 0.310 e. The van der Waals surface area contributed by atoms with E-state index in [4.69, 9.17) is 9.84 Å². The molecule has 2 rings (SSSR count). The van der Waals surface area contributed by atoms with Gasteiger partial charge in [0.25, 0.3) is 5.91 Å². The third-order valence-electron chi connectivity index (χ3n) is 3.09. The van der Waals surface area contributed by atoms with Gasteiger partial charge in [-0.15, -0.1) is 0 Å². The Balaban J connectivity index is 1.92. The number of rotatable bonds is 5. The molecule has 5 nitrogen and oxygen atoms in total. The summed E-state index contributed by atoms with van der Waals surface area (Å²) >= 11 is 0. The van der Waals surface area contributed by atoms with Crippen LogP contribution >= 0.6 is 0 Å². The summed E-state index contributed by atoms with van der Waals surface area (Å²) in [5.74, 6) is -0.645. The van der Waals surface area contributed by atoms with Crippen molar-refractivity contribution in [2.45, 2.75) is 13.3 Å². The Hall–Kier alpha value is -2.04. The maximum atomic E-state index is 12.0. The number of amides is 1. The van der Waals surface area contributed by atoms with Crippen LogP contribution in [0.1, 0.15) is 23.7 Å². The van der Waals surface area contributed by atoms with Crippen molar-refractivity contribution < 1.29 is 19.4 Å². The first kappa shape index (κ1) is 13.4. The number of likely N-dealkylation sites (tertiary alicyclic amines) is 1. The molecule has 1 aromatic carbocycles. The maximum Gasteiger partial charge on any atom is 0.310 e. The fraction of sp³-hybridized carbons (Fsp3) is 0.429. The third kappa shape index (κ3) is 3.05. The van der Waals surface area contributed by atoms with Gasteiger partial charge in [-0.1, -0.05) is 6.92 Å². The Morgan fingerprint density at radius 3 is 2.47 bits per heavy atom. The number of benzene rings is 1. The van der Waals surface area contributed by atoms with Crippen LogP contribution in [-0.4, -0.2) is 41.6 Å². The highest BCUT2D eigenvalue weighted by Crippen LogP contribution is 2.20. The number of ether oxygens (including phenoxy) is 1. The number of carboxylic acid groups (broad SMARTS) is 1. The molecule has 1 aliphatic heterocycles. The van der Waals surface area contributed by atoms with Crippen LogP contribution < -0.4 is 4.74 Å². The Morgan fingerprint density at radius 2 is 1.95 bits per heavy atom. The molecule has 19 heavy (non-hydrogen) atoms. The molecule has 1 aliphatic rings. The van der Waals surface area contributed by atoms with Gasteiger partial charge in [0.2, 0.25) is 0 Å². The lowest BCUT2D eigenvalue weighted by atomic mass is 9.99. The van der Waals surface area contributed by atoms with Gasteiger partial charge in [0.15, 0.2) is 0 Å². The number of hydrogen-bond acceptors (Lipinski definition) is 3. The average molecular weight is 263 g/mol. The summed E-state index contributed by atoms with van der Waals surface area (Å²) in [6, 6.07) is 6.94. The Bertz CT molecular complexity index is 463. The van der Waals surface area contributed by atoms with E-state index in [1.54, 1.807) is 29.2 Å². The standard InChI is InChI=1S/C14H17NO4/c1-2-7-19-12-5-3-10(4-6-12)13(16)15-8-11(9-15)14(17)18/h3-6,11H,2,7-9H2,1H3,(H,17,18). The van der Waals surface area contributed by atoms with E-state index in [0.717, 1.165) is 12.2 Å². The van der Waals surface area contributed by atoms with Gasteiger partial charge in [-0.3, -0.25) is 9.59 Å². The molecule has 0 radical (unpaired) electrons. The second-order valence-electron chi connectivity index (χ2n) is 4.62. The van der Waals surface area contributed by atoms with Crippen LogP contribution in [0.15, 0.2) is 24.3 Å². The lowest BCUT2D eigenvalue weighted by Crippen LogP contribution is -2.53. The second kappa shape index (κ2) is 5.73. The molecule has 1 amide bonds. The fourth-order valence-electron chi connectivity index (χ4n) is 1.90. The molecule has 102 valence electrons. The molecule has 1 heterocycles. The zero-order valence-electron chi connectivity index (χ0n) is 10.8. The Kier molecular flexibility index (Phi) is 4.04. The van der Waals surface area contributed by atoms with Gasteiger partial charge in [0.1, 0.15) is 5.75 Å². The summed E-state index contributed by atoms with van der Waals surface area (Å²) in [5, 5.41) is 8.77. The number of carboxylic acids is 1. The second-order valence-corrected chi connectivity index (χ2v) is 4.62. The minimum absolute atomic E-state index is 0.125. The molecule has 0 saturated carbocycles. The van der Waals surface area contributed by atoms with Crippen molar-refractivity contribution in [1.82, 2.24) is 4.90 Å². The summed E-state index contributed by atoms with van der Waals surface area (Å²) in [6.07, 6.45) is 0.936. The molecule has 0 aliphatic carbocycles. The summed E-state index contributed by atoms with van der Waals surface area (Å²) in [4.78, 5) is 24.2. The first-order chi connectivity index (χ1) is 9.11. The van der Waals surface area contributed by atoms with Crippen molar-refractivity contribution >= 4 is 11.9 Å². The quantitative estimate of drug-likeness (QED) is 0.876. The zero-order chi connectivity index (χ0) is 13.8. The van der Waals surface area contributed by atoms with Crippen LogP contribution in [0.5, 0.6) is 5.75 Å². The van der Waals surface area contributed by atoms with E-state index < -0.39 is 11.9 Å². The predicted octanol–water partition coefficient (Wildman–Crippen LogP) is 1.63. The topological polar surface area (TPSA) is 66.8 Å². The molecule has 1 N–H and O–H groups in total. The molecule has 0 aromatic heterocycles. The van der Waals surface area contributed by atoms with Crippen LogP contribution in [0, 0.1) is 5.92 Å². The van der Waals surface area contributed by atoms with Gasteiger partial charge in [-0.05, 0) is 30.7 Å². The zero-order valence-corrected chi connectivity index (χ0v) is 10.8. The molecular weight excluding hydrogens is 246 g/mol. The minimum atomic E-state index is -0.840. The van der Waals surface area contributed by atoms with Gasteiger partial charge >= 0.3 is 5.97 Å². The van der Waals surface area contributed by atoms with E-state index in [-0.39, 0.29) is 5.91 Å². The summed E-state index contributed by atoms with van der Waals surface area (Å²) in [5.41, 5.74) is 0.563. The molecule has 0 spiro atoms. The van der Waals surface area contributed by atoms with E-state index in [0.29, 0.717) is 25.3 Å². The minimum Gasteiger partial charge on any atom is -0.494 e. The summed E-state index contributed by atoms with van der Waals surface area (Å²) < 4.78 is 5.44. The van der Waals surface area contributed by atoms with Crippen molar-refractivity contribution in [3.05, 3.63) is 29.8 Å². The molecular formula is C14H17NO4. The SMILES string of the molecule is CCCOc1ccc(C(=O)N2CC(C(=O)O)C2)cc1. The lowest BCUT2D eigenvalue weighted by molar-refractivity contribution is -0.146. The van der Waals surface area contributed by atoms with Crippen LogP contribution in [0.2, 0.25) is 0 Å². The molecule has 1 fully saturated rings.